The Hall–Kier alpha value is -2.62. The maximum Gasteiger partial charge on any atom is 0.338 e. The highest BCUT2D eigenvalue weighted by Gasteiger charge is 2.22. The van der Waals surface area contributed by atoms with Crippen molar-refractivity contribution in [1.82, 2.24) is 9.36 Å². The molecule has 0 amide bonds. The van der Waals surface area contributed by atoms with Crippen LogP contribution in [0.4, 0.5) is 20.9 Å². The molecule has 2 N–H and O–H groups in total. The number of benzene rings is 1. The first-order valence-electron chi connectivity index (χ1n) is 5.17. The first-order valence-corrected chi connectivity index (χ1v) is 5.94. The van der Waals surface area contributed by atoms with Gasteiger partial charge in [-0.1, -0.05) is 0 Å². The fraction of sp³-hybridized carbons (Fsp3) is 0.100. The van der Waals surface area contributed by atoms with Crippen molar-refractivity contribution in [3.8, 4) is 0 Å². The summed E-state index contributed by atoms with van der Waals surface area (Å²) in [6, 6.07) is 1.41. The van der Waals surface area contributed by atoms with Gasteiger partial charge in [0, 0.05) is 11.5 Å². The number of hydrogen-bond donors (Lipinski definition) is 2. The van der Waals surface area contributed by atoms with Crippen LogP contribution in [0.15, 0.2) is 12.1 Å². The summed E-state index contributed by atoms with van der Waals surface area (Å²) >= 11 is 0.947. The second-order valence-electron chi connectivity index (χ2n) is 3.68. The van der Waals surface area contributed by atoms with Crippen LogP contribution in [0.5, 0.6) is 0 Å². The van der Waals surface area contributed by atoms with E-state index in [9.17, 15) is 19.3 Å². The van der Waals surface area contributed by atoms with Gasteiger partial charge in [0.25, 0.3) is 5.69 Å². The van der Waals surface area contributed by atoms with Crippen LogP contribution in [0.2, 0.25) is 0 Å². The molecule has 0 spiro atoms. The maximum atomic E-state index is 13.4. The third-order valence-electron chi connectivity index (χ3n) is 2.28. The van der Waals surface area contributed by atoms with Gasteiger partial charge >= 0.3 is 5.97 Å². The molecule has 1 heterocycles. The Morgan fingerprint density at radius 3 is 2.75 bits per heavy atom. The number of aromatic carboxylic acids is 1. The van der Waals surface area contributed by atoms with Gasteiger partial charge in [-0.05, 0) is 13.0 Å². The lowest BCUT2D eigenvalue weighted by Gasteiger charge is -2.05. The van der Waals surface area contributed by atoms with Gasteiger partial charge in [0.15, 0.2) is 0 Å². The van der Waals surface area contributed by atoms with Crippen molar-refractivity contribution in [2.45, 2.75) is 6.92 Å². The van der Waals surface area contributed by atoms with Gasteiger partial charge in [0.2, 0.25) is 5.13 Å². The van der Waals surface area contributed by atoms with Crippen molar-refractivity contribution < 1.29 is 19.2 Å². The number of carboxylic acids is 1. The largest absolute Gasteiger partial charge is 0.478 e. The molecule has 0 saturated heterocycles. The number of aromatic nitrogens is 2. The molecule has 0 aliphatic carbocycles. The van der Waals surface area contributed by atoms with E-state index in [0.29, 0.717) is 11.9 Å². The Morgan fingerprint density at radius 2 is 2.25 bits per heavy atom. The number of nitrogens with one attached hydrogen (secondary N) is 1. The summed E-state index contributed by atoms with van der Waals surface area (Å²) < 4.78 is 17.3. The lowest BCUT2D eigenvalue weighted by molar-refractivity contribution is -0.384. The summed E-state index contributed by atoms with van der Waals surface area (Å²) in [5.74, 6) is -2.24. The van der Waals surface area contributed by atoms with E-state index in [1.165, 1.54) is 0 Å². The molecule has 0 fully saturated rings. The molecule has 0 bridgehead atoms. The second-order valence-corrected chi connectivity index (χ2v) is 4.44. The van der Waals surface area contributed by atoms with E-state index >= 15 is 0 Å². The van der Waals surface area contributed by atoms with Gasteiger partial charge in [-0.15, -0.1) is 0 Å². The van der Waals surface area contributed by atoms with Gasteiger partial charge in [0.1, 0.15) is 17.3 Å². The van der Waals surface area contributed by atoms with Crippen LogP contribution < -0.4 is 5.32 Å². The molecule has 0 aliphatic heterocycles. The van der Waals surface area contributed by atoms with E-state index in [0.717, 1.165) is 17.6 Å². The van der Waals surface area contributed by atoms with Crippen molar-refractivity contribution >= 4 is 34.0 Å². The maximum absolute atomic E-state index is 13.4. The molecule has 2 rings (SSSR count). The Kier molecular flexibility index (Phi) is 3.57. The molecule has 1 aromatic heterocycles. The molecule has 20 heavy (non-hydrogen) atoms. The summed E-state index contributed by atoms with van der Waals surface area (Å²) in [5.41, 5.74) is -1.41. The first-order chi connectivity index (χ1) is 9.38. The number of anilines is 2. The molecule has 2 aromatic rings. The van der Waals surface area contributed by atoms with Crippen molar-refractivity contribution in [3.05, 3.63) is 39.5 Å². The van der Waals surface area contributed by atoms with Gasteiger partial charge in [-0.2, -0.15) is 4.37 Å². The minimum Gasteiger partial charge on any atom is -0.478 e. The second kappa shape index (κ2) is 5.17. The number of carboxylic acid groups (broad SMARTS) is 1. The summed E-state index contributed by atoms with van der Waals surface area (Å²) in [7, 11) is 0. The van der Waals surface area contributed by atoms with E-state index in [1.807, 2.05) is 0 Å². The minimum atomic E-state index is -1.52. The molecular formula is C10H7FN4O4S. The van der Waals surface area contributed by atoms with Crippen LogP contribution >= 0.6 is 11.5 Å². The highest BCUT2D eigenvalue weighted by atomic mass is 32.1. The van der Waals surface area contributed by atoms with Crippen LogP contribution in [0.25, 0.3) is 0 Å². The summed E-state index contributed by atoms with van der Waals surface area (Å²) in [6.45, 7) is 1.63. The van der Waals surface area contributed by atoms with Crippen molar-refractivity contribution in [1.29, 1.82) is 0 Å². The van der Waals surface area contributed by atoms with E-state index < -0.39 is 28.0 Å². The molecule has 1 aromatic carbocycles. The van der Waals surface area contributed by atoms with Crippen molar-refractivity contribution in [2.75, 3.05) is 5.32 Å². The Bertz CT molecular complexity index is 703. The lowest BCUT2D eigenvalue weighted by Crippen LogP contribution is -2.05. The highest BCUT2D eigenvalue weighted by molar-refractivity contribution is 7.09. The SMILES string of the molecule is Cc1nsc(Nc2cc(C(=O)O)c(F)cc2[N+](=O)[O-])n1. The van der Waals surface area contributed by atoms with Crippen molar-refractivity contribution in [2.24, 2.45) is 0 Å². The van der Waals surface area contributed by atoms with Gasteiger partial charge in [0.05, 0.1) is 16.6 Å². The fourth-order valence-electron chi connectivity index (χ4n) is 1.44. The molecule has 10 heteroatoms. The number of halogens is 1. The normalized spacial score (nSPS) is 10.3. The zero-order valence-corrected chi connectivity index (χ0v) is 10.8. The molecular weight excluding hydrogens is 291 g/mol. The number of carbonyl (C=O) groups is 1. The third-order valence-corrected chi connectivity index (χ3v) is 3.00. The molecule has 8 nitrogen and oxygen atoms in total. The smallest absolute Gasteiger partial charge is 0.338 e. The van der Waals surface area contributed by atoms with E-state index in [-0.39, 0.29) is 10.8 Å². The topological polar surface area (TPSA) is 118 Å². The molecule has 0 radical (unpaired) electrons. The third kappa shape index (κ3) is 2.69. The average molecular weight is 298 g/mol. The molecule has 0 unspecified atom stereocenters. The molecule has 0 saturated carbocycles. The van der Waals surface area contributed by atoms with E-state index in [2.05, 4.69) is 14.7 Å². The number of aryl methyl sites for hydroxylation is 1. The number of hydrogen-bond acceptors (Lipinski definition) is 7. The first kappa shape index (κ1) is 13.8. The Morgan fingerprint density at radius 1 is 1.55 bits per heavy atom. The lowest BCUT2D eigenvalue weighted by atomic mass is 10.1. The highest BCUT2D eigenvalue weighted by Crippen LogP contribution is 2.31. The van der Waals surface area contributed by atoms with E-state index in [1.54, 1.807) is 6.92 Å². The van der Waals surface area contributed by atoms with E-state index in [4.69, 9.17) is 5.11 Å². The van der Waals surface area contributed by atoms with Crippen LogP contribution in [0.1, 0.15) is 16.2 Å². The fourth-order valence-corrected chi connectivity index (χ4v) is 2.03. The van der Waals surface area contributed by atoms with Gasteiger partial charge in [-0.3, -0.25) is 10.1 Å². The van der Waals surface area contributed by atoms with Crippen LogP contribution in [-0.2, 0) is 0 Å². The van der Waals surface area contributed by atoms with Crippen LogP contribution in [0, 0.1) is 22.9 Å². The average Bonchev–Trinajstić information content (AvgIpc) is 2.76. The number of nitro groups is 1. The predicted molar refractivity (Wildman–Crippen MR) is 67.9 cm³/mol. The quantitative estimate of drug-likeness (QED) is 0.656. The Balaban J connectivity index is 2.50. The minimum absolute atomic E-state index is 0.162. The summed E-state index contributed by atoms with van der Waals surface area (Å²) in [4.78, 5) is 24.8. The van der Waals surface area contributed by atoms with Crippen LogP contribution in [-0.4, -0.2) is 25.4 Å². The zero-order chi connectivity index (χ0) is 14.9. The zero-order valence-electron chi connectivity index (χ0n) is 9.95. The van der Waals surface area contributed by atoms with Gasteiger partial charge < -0.3 is 10.4 Å². The summed E-state index contributed by atoms with van der Waals surface area (Å²) in [6.07, 6.45) is 0. The molecule has 104 valence electrons. The van der Waals surface area contributed by atoms with Gasteiger partial charge in [-0.25, -0.2) is 14.2 Å². The number of nitrogens with zero attached hydrogens (tertiary/aromatic N) is 3. The number of rotatable bonds is 4. The van der Waals surface area contributed by atoms with Crippen LogP contribution in [0.3, 0.4) is 0 Å². The number of nitro benzene ring substituents is 1. The Labute approximate surface area is 115 Å². The molecule has 0 aliphatic rings. The monoisotopic (exact) mass is 298 g/mol. The summed E-state index contributed by atoms with van der Waals surface area (Å²) in [5, 5.41) is 22.5. The predicted octanol–water partition coefficient (Wildman–Crippen LogP) is 2.34. The molecule has 0 atom stereocenters. The van der Waals surface area contributed by atoms with Crippen molar-refractivity contribution in [3.63, 3.8) is 0 Å². The standard InChI is InChI=1S/C10H7FN4O4S/c1-4-12-10(20-14-4)13-7-2-5(9(16)17)6(11)3-8(7)15(18)19/h2-3H,1H3,(H,16,17)(H,12,13,14).